The molecular formula is C9H20N2O. The minimum absolute atomic E-state index is 0.0672. The molecule has 0 saturated carbocycles. The lowest BCUT2D eigenvalue weighted by molar-refractivity contribution is -0.130. The van der Waals surface area contributed by atoms with Gasteiger partial charge in [-0.25, -0.2) is 0 Å². The van der Waals surface area contributed by atoms with Gasteiger partial charge >= 0.3 is 0 Å². The van der Waals surface area contributed by atoms with Gasteiger partial charge in [0.1, 0.15) is 0 Å². The Bertz CT molecular complexity index is 143. The van der Waals surface area contributed by atoms with Crippen LogP contribution in [0.5, 0.6) is 0 Å². The van der Waals surface area contributed by atoms with Gasteiger partial charge in [0.15, 0.2) is 0 Å². The maximum absolute atomic E-state index is 11.3. The summed E-state index contributed by atoms with van der Waals surface area (Å²) in [5.74, 6) is 0.720. The van der Waals surface area contributed by atoms with Crippen molar-refractivity contribution >= 4 is 5.91 Å². The molecule has 0 aliphatic rings. The molecule has 0 aliphatic heterocycles. The van der Waals surface area contributed by atoms with Crippen LogP contribution in [-0.2, 0) is 4.79 Å². The third kappa shape index (κ3) is 4.34. The number of carbonyl (C=O) groups excluding carboxylic acids is 1. The van der Waals surface area contributed by atoms with Crippen molar-refractivity contribution in [3.8, 4) is 0 Å². The summed E-state index contributed by atoms with van der Waals surface area (Å²) < 4.78 is 0. The molecule has 0 saturated heterocycles. The van der Waals surface area contributed by atoms with Crippen LogP contribution in [0, 0.1) is 5.92 Å². The van der Waals surface area contributed by atoms with E-state index < -0.39 is 0 Å². The van der Waals surface area contributed by atoms with Gasteiger partial charge in [-0.3, -0.25) is 4.79 Å². The fourth-order valence-electron chi connectivity index (χ4n) is 0.887. The molecule has 0 aromatic rings. The molecule has 0 radical (unpaired) electrons. The number of carbonyl (C=O) groups is 1. The molecule has 3 heteroatoms. The lowest BCUT2D eigenvalue weighted by Gasteiger charge is -2.18. The second-order valence-corrected chi connectivity index (χ2v) is 3.76. The van der Waals surface area contributed by atoms with Gasteiger partial charge in [-0.2, -0.15) is 0 Å². The van der Waals surface area contributed by atoms with E-state index in [0.29, 0.717) is 5.92 Å². The van der Waals surface area contributed by atoms with E-state index in [0.717, 1.165) is 6.54 Å². The van der Waals surface area contributed by atoms with Crippen LogP contribution in [0.1, 0.15) is 20.8 Å². The average molecular weight is 172 g/mol. The summed E-state index contributed by atoms with van der Waals surface area (Å²) in [6.45, 7) is 7.03. The number of rotatable bonds is 4. The van der Waals surface area contributed by atoms with Crippen LogP contribution in [0.3, 0.4) is 0 Å². The van der Waals surface area contributed by atoms with Crippen molar-refractivity contribution in [3.63, 3.8) is 0 Å². The van der Waals surface area contributed by atoms with Gasteiger partial charge < -0.3 is 10.2 Å². The number of nitrogens with zero attached hydrogens (tertiary/aromatic N) is 1. The first-order valence-electron chi connectivity index (χ1n) is 4.39. The Morgan fingerprint density at radius 2 is 1.83 bits per heavy atom. The van der Waals surface area contributed by atoms with Gasteiger partial charge in [0, 0.05) is 14.1 Å². The standard InChI is InChI=1S/C9H20N2O/c1-7(2)6-10-8(3)9(12)11(4)5/h7-8,10H,6H2,1-5H3/t8-/m1/s1. The van der Waals surface area contributed by atoms with E-state index in [4.69, 9.17) is 0 Å². The Labute approximate surface area is 75.1 Å². The van der Waals surface area contributed by atoms with Crippen molar-refractivity contribution in [1.29, 1.82) is 0 Å². The largest absolute Gasteiger partial charge is 0.347 e. The summed E-state index contributed by atoms with van der Waals surface area (Å²) in [6.07, 6.45) is 0. The summed E-state index contributed by atoms with van der Waals surface area (Å²) in [5.41, 5.74) is 0. The molecule has 1 N–H and O–H groups in total. The number of nitrogens with one attached hydrogen (secondary N) is 1. The molecule has 0 heterocycles. The predicted octanol–water partition coefficient (Wildman–Crippen LogP) is 0.709. The summed E-state index contributed by atoms with van der Waals surface area (Å²) in [7, 11) is 3.55. The Morgan fingerprint density at radius 1 is 1.33 bits per heavy atom. The molecule has 72 valence electrons. The van der Waals surface area contributed by atoms with E-state index in [9.17, 15) is 4.79 Å². The van der Waals surface area contributed by atoms with Crippen molar-refractivity contribution in [1.82, 2.24) is 10.2 Å². The van der Waals surface area contributed by atoms with Crippen molar-refractivity contribution < 1.29 is 4.79 Å². The van der Waals surface area contributed by atoms with Gasteiger partial charge in [-0.15, -0.1) is 0 Å². The number of amides is 1. The highest BCUT2D eigenvalue weighted by molar-refractivity contribution is 5.80. The van der Waals surface area contributed by atoms with Gasteiger partial charge in [0.25, 0.3) is 0 Å². The van der Waals surface area contributed by atoms with Crippen LogP contribution in [0.25, 0.3) is 0 Å². The molecule has 3 nitrogen and oxygen atoms in total. The number of likely N-dealkylation sites (N-methyl/N-ethyl adjacent to an activating group) is 1. The second kappa shape index (κ2) is 5.14. The van der Waals surface area contributed by atoms with Crippen molar-refractivity contribution in [2.75, 3.05) is 20.6 Å². The Kier molecular flexibility index (Phi) is 4.90. The molecule has 0 aliphatic carbocycles. The highest BCUT2D eigenvalue weighted by Crippen LogP contribution is 1.92. The zero-order valence-electron chi connectivity index (χ0n) is 8.72. The lowest BCUT2D eigenvalue weighted by Crippen LogP contribution is -2.42. The Hall–Kier alpha value is -0.570. The van der Waals surface area contributed by atoms with E-state index in [1.165, 1.54) is 0 Å². The molecule has 0 unspecified atom stereocenters. The first kappa shape index (κ1) is 11.4. The predicted molar refractivity (Wildman–Crippen MR) is 51.0 cm³/mol. The summed E-state index contributed by atoms with van der Waals surface area (Å²) >= 11 is 0. The highest BCUT2D eigenvalue weighted by atomic mass is 16.2. The topological polar surface area (TPSA) is 32.3 Å². The average Bonchev–Trinajstić information content (AvgIpc) is 1.98. The molecule has 0 aromatic heterocycles. The Morgan fingerprint density at radius 3 is 2.17 bits per heavy atom. The van der Waals surface area contributed by atoms with Crippen LogP contribution in [0.4, 0.5) is 0 Å². The molecule has 0 spiro atoms. The highest BCUT2D eigenvalue weighted by Gasteiger charge is 2.13. The summed E-state index contributed by atoms with van der Waals surface area (Å²) in [6, 6.07) is -0.0672. The minimum atomic E-state index is -0.0672. The third-order valence-electron chi connectivity index (χ3n) is 1.64. The normalized spacial score (nSPS) is 13.2. The van der Waals surface area contributed by atoms with Crippen molar-refractivity contribution in [2.24, 2.45) is 5.92 Å². The van der Waals surface area contributed by atoms with Crippen LogP contribution < -0.4 is 5.32 Å². The molecule has 1 atom stereocenters. The zero-order chi connectivity index (χ0) is 9.72. The lowest BCUT2D eigenvalue weighted by atomic mass is 10.2. The number of hydrogen-bond donors (Lipinski definition) is 1. The van der Waals surface area contributed by atoms with Crippen LogP contribution in [0.15, 0.2) is 0 Å². The maximum atomic E-state index is 11.3. The van der Waals surface area contributed by atoms with Crippen molar-refractivity contribution in [2.45, 2.75) is 26.8 Å². The summed E-state index contributed by atoms with van der Waals surface area (Å²) in [5, 5.41) is 3.17. The van der Waals surface area contributed by atoms with Gasteiger partial charge in [0.05, 0.1) is 6.04 Å². The van der Waals surface area contributed by atoms with E-state index in [-0.39, 0.29) is 11.9 Å². The van der Waals surface area contributed by atoms with Crippen LogP contribution in [0.2, 0.25) is 0 Å². The zero-order valence-corrected chi connectivity index (χ0v) is 8.72. The molecule has 0 rings (SSSR count). The van der Waals surface area contributed by atoms with Crippen molar-refractivity contribution in [3.05, 3.63) is 0 Å². The fourth-order valence-corrected chi connectivity index (χ4v) is 0.887. The molecule has 0 aromatic carbocycles. The maximum Gasteiger partial charge on any atom is 0.238 e. The SMILES string of the molecule is CC(C)CN[C@H](C)C(=O)N(C)C. The monoisotopic (exact) mass is 172 g/mol. The smallest absolute Gasteiger partial charge is 0.238 e. The third-order valence-corrected chi connectivity index (χ3v) is 1.64. The number of hydrogen-bond acceptors (Lipinski definition) is 2. The molecular weight excluding hydrogens is 152 g/mol. The molecule has 0 bridgehead atoms. The van der Waals surface area contributed by atoms with E-state index >= 15 is 0 Å². The van der Waals surface area contributed by atoms with E-state index in [1.54, 1.807) is 19.0 Å². The van der Waals surface area contributed by atoms with Gasteiger partial charge in [-0.1, -0.05) is 13.8 Å². The summed E-state index contributed by atoms with van der Waals surface area (Å²) in [4.78, 5) is 12.9. The Balaban J connectivity index is 3.72. The first-order valence-corrected chi connectivity index (χ1v) is 4.39. The minimum Gasteiger partial charge on any atom is -0.347 e. The fraction of sp³-hybridized carbons (Fsp3) is 0.889. The quantitative estimate of drug-likeness (QED) is 0.677. The van der Waals surface area contributed by atoms with E-state index in [1.807, 2.05) is 6.92 Å². The molecule has 12 heavy (non-hydrogen) atoms. The van der Waals surface area contributed by atoms with Crippen LogP contribution in [-0.4, -0.2) is 37.5 Å². The molecule has 0 fully saturated rings. The van der Waals surface area contributed by atoms with Crippen LogP contribution >= 0.6 is 0 Å². The van der Waals surface area contributed by atoms with Gasteiger partial charge in [-0.05, 0) is 19.4 Å². The second-order valence-electron chi connectivity index (χ2n) is 3.76. The first-order chi connectivity index (χ1) is 5.45. The molecule has 1 amide bonds. The van der Waals surface area contributed by atoms with E-state index in [2.05, 4.69) is 19.2 Å². The van der Waals surface area contributed by atoms with Gasteiger partial charge in [0.2, 0.25) is 5.91 Å².